The molecule has 0 amide bonds. The summed E-state index contributed by atoms with van der Waals surface area (Å²) in [6, 6.07) is 19.7. The van der Waals surface area contributed by atoms with Crippen molar-refractivity contribution in [3.8, 4) is 0 Å². The number of aliphatic carboxylic acids is 1. The fourth-order valence-corrected chi connectivity index (χ4v) is 2.10. The zero-order valence-electron chi connectivity index (χ0n) is 11.3. The van der Waals surface area contributed by atoms with Crippen molar-refractivity contribution >= 4 is 12.0 Å². The molecule has 0 aromatic heterocycles. The van der Waals surface area contributed by atoms with Crippen LogP contribution in [0.25, 0.3) is 6.08 Å². The van der Waals surface area contributed by atoms with Crippen LogP contribution >= 0.6 is 0 Å². The summed E-state index contributed by atoms with van der Waals surface area (Å²) in [4.78, 5) is 11.3. The van der Waals surface area contributed by atoms with E-state index in [2.05, 4.69) is 0 Å². The van der Waals surface area contributed by atoms with E-state index in [1.165, 1.54) is 0 Å². The van der Waals surface area contributed by atoms with E-state index in [1.807, 2.05) is 72.8 Å². The molecule has 0 heterocycles. The Morgan fingerprint density at radius 3 is 2.20 bits per heavy atom. The van der Waals surface area contributed by atoms with E-state index in [4.69, 9.17) is 0 Å². The van der Waals surface area contributed by atoms with Crippen molar-refractivity contribution in [2.45, 2.75) is 12.8 Å². The Morgan fingerprint density at radius 1 is 1.00 bits per heavy atom. The average molecular weight is 266 g/mol. The van der Waals surface area contributed by atoms with Gasteiger partial charge in [0.2, 0.25) is 0 Å². The van der Waals surface area contributed by atoms with E-state index in [1.54, 1.807) is 0 Å². The Hall–Kier alpha value is -2.35. The molecule has 20 heavy (non-hydrogen) atoms. The first kappa shape index (κ1) is 14.1. The standard InChI is InChI=1S/C18H18O2/c19-18(20)17(14-16-10-5-2-6-11-16)13-7-12-15-8-3-1-4-9-15/h1-12,17H,13-14H2,(H,19,20)/b12-7+/t17-/m0/s1. The maximum absolute atomic E-state index is 11.3. The van der Waals surface area contributed by atoms with Gasteiger partial charge in [-0.3, -0.25) is 4.79 Å². The minimum atomic E-state index is -0.744. The highest BCUT2D eigenvalue weighted by Crippen LogP contribution is 2.14. The van der Waals surface area contributed by atoms with Gasteiger partial charge in [-0.2, -0.15) is 0 Å². The summed E-state index contributed by atoms with van der Waals surface area (Å²) < 4.78 is 0. The highest BCUT2D eigenvalue weighted by atomic mass is 16.4. The van der Waals surface area contributed by atoms with Crippen molar-refractivity contribution in [2.24, 2.45) is 5.92 Å². The number of benzene rings is 2. The molecule has 2 aromatic carbocycles. The Balaban J connectivity index is 1.96. The highest BCUT2D eigenvalue weighted by molar-refractivity contribution is 5.71. The first-order valence-corrected chi connectivity index (χ1v) is 6.74. The lowest BCUT2D eigenvalue weighted by Crippen LogP contribution is -2.15. The van der Waals surface area contributed by atoms with Crippen LogP contribution < -0.4 is 0 Å². The summed E-state index contributed by atoms with van der Waals surface area (Å²) in [5.74, 6) is -1.12. The normalized spacial score (nSPS) is 12.4. The predicted molar refractivity (Wildman–Crippen MR) is 81.4 cm³/mol. The molecule has 0 aliphatic rings. The van der Waals surface area contributed by atoms with E-state index in [0.717, 1.165) is 11.1 Å². The predicted octanol–water partition coefficient (Wildman–Crippen LogP) is 4.03. The van der Waals surface area contributed by atoms with Gasteiger partial charge in [0, 0.05) is 0 Å². The first-order chi connectivity index (χ1) is 9.75. The van der Waals surface area contributed by atoms with Crippen molar-refractivity contribution < 1.29 is 9.90 Å². The van der Waals surface area contributed by atoms with Gasteiger partial charge in [0.25, 0.3) is 0 Å². The van der Waals surface area contributed by atoms with Gasteiger partial charge in [-0.25, -0.2) is 0 Å². The van der Waals surface area contributed by atoms with Crippen LogP contribution in [0.5, 0.6) is 0 Å². The maximum atomic E-state index is 11.3. The second-order valence-electron chi connectivity index (χ2n) is 4.77. The molecule has 2 nitrogen and oxygen atoms in total. The molecule has 0 radical (unpaired) electrons. The lowest BCUT2D eigenvalue weighted by molar-refractivity contribution is -0.141. The maximum Gasteiger partial charge on any atom is 0.307 e. The third kappa shape index (κ3) is 4.39. The Kier molecular flexibility index (Phi) is 5.13. The molecule has 0 bridgehead atoms. The zero-order chi connectivity index (χ0) is 14.2. The van der Waals surface area contributed by atoms with Gasteiger partial charge in [-0.05, 0) is 24.0 Å². The zero-order valence-corrected chi connectivity index (χ0v) is 11.3. The minimum Gasteiger partial charge on any atom is -0.481 e. The van der Waals surface area contributed by atoms with Crippen LogP contribution in [0.2, 0.25) is 0 Å². The van der Waals surface area contributed by atoms with Crippen LogP contribution in [0.1, 0.15) is 17.5 Å². The van der Waals surface area contributed by atoms with Gasteiger partial charge in [0.1, 0.15) is 0 Å². The largest absolute Gasteiger partial charge is 0.481 e. The van der Waals surface area contributed by atoms with E-state index in [-0.39, 0.29) is 5.92 Å². The number of carbonyl (C=O) groups is 1. The molecule has 0 spiro atoms. The molecular formula is C18H18O2. The number of allylic oxidation sites excluding steroid dienone is 1. The molecule has 0 unspecified atom stereocenters. The second-order valence-corrected chi connectivity index (χ2v) is 4.77. The molecular weight excluding hydrogens is 248 g/mol. The summed E-state index contributed by atoms with van der Waals surface area (Å²) in [5.41, 5.74) is 2.16. The summed E-state index contributed by atoms with van der Waals surface area (Å²) in [6.07, 6.45) is 5.02. The summed E-state index contributed by atoms with van der Waals surface area (Å²) in [7, 11) is 0. The van der Waals surface area contributed by atoms with Crippen LogP contribution in [0.15, 0.2) is 66.7 Å². The van der Waals surface area contributed by atoms with Gasteiger partial charge in [0.05, 0.1) is 5.92 Å². The molecule has 0 saturated heterocycles. The van der Waals surface area contributed by atoms with Crippen LogP contribution in [-0.2, 0) is 11.2 Å². The van der Waals surface area contributed by atoms with Crippen molar-refractivity contribution in [2.75, 3.05) is 0 Å². The molecule has 0 saturated carbocycles. The van der Waals surface area contributed by atoms with Crippen LogP contribution in [0, 0.1) is 5.92 Å². The molecule has 1 N–H and O–H groups in total. The monoisotopic (exact) mass is 266 g/mol. The molecule has 2 aromatic rings. The van der Waals surface area contributed by atoms with Gasteiger partial charge in [-0.1, -0.05) is 72.8 Å². The Bertz CT molecular complexity index is 558. The fraction of sp³-hybridized carbons (Fsp3) is 0.167. The van der Waals surface area contributed by atoms with Gasteiger partial charge in [-0.15, -0.1) is 0 Å². The Morgan fingerprint density at radius 2 is 1.60 bits per heavy atom. The number of hydrogen-bond donors (Lipinski definition) is 1. The Labute approximate surface area is 119 Å². The lowest BCUT2D eigenvalue weighted by Gasteiger charge is -2.09. The number of rotatable bonds is 6. The fourth-order valence-electron chi connectivity index (χ4n) is 2.10. The molecule has 0 fully saturated rings. The molecule has 0 aliphatic heterocycles. The third-order valence-electron chi connectivity index (χ3n) is 3.20. The first-order valence-electron chi connectivity index (χ1n) is 6.74. The topological polar surface area (TPSA) is 37.3 Å². The molecule has 102 valence electrons. The minimum absolute atomic E-state index is 0.377. The third-order valence-corrected chi connectivity index (χ3v) is 3.20. The van der Waals surface area contributed by atoms with Gasteiger partial charge < -0.3 is 5.11 Å². The smallest absolute Gasteiger partial charge is 0.307 e. The molecule has 0 aliphatic carbocycles. The van der Waals surface area contributed by atoms with Crippen LogP contribution in [0.3, 0.4) is 0 Å². The van der Waals surface area contributed by atoms with Crippen molar-refractivity contribution in [3.05, 3.63) is 77.9 Å². The SMILES string of the molecule is O=C(O)[C@@H](C/C=C/c1ccccc1)Cc1ccccc1. The molecule has 2 heteroatoms. The van der Waals surface area contributed by atoms with E-state index in [9.17, 15) is 9.90 Å². The van der Waals surface area contributed by atoms with E-state index < -0.39 is 5.97 Å². The van der Waals surface area contributed by atoms with E-state index >= 15 is 0 Å². The van der Waals surface area contributed by atoms with E-state index in [0.29, 0.717) is 12.8 Å². The summed E-state index contributed by atoms with van der Waals surface area (Å²) in [6.45, 7) is 0. The van der Waals surface area contributed by atoms with Crippen molar-refractivity contribution in [1.82, 2.24) is 0 Å². The average Bonchev–Trinajstić information content (AvgIpc) is 2.48. The van der Waals surface area contributed by atoms with Crippen molar-refractivity contribution in [1.29, 1.82) is 0 Å². The lowest BCUT2D eigenvalue weighted by atomic mass is 9.96. The summed E-state index contributed by atoms with van der Waals surface area (Å²) in [5, 5.41) is 9.30. The number of carboxylic acid groups (broad SMARTS) is 1. The highest BCUT2D eigenvalue weighted by Gasteiger charge is 2.16. The molecule has 1 atom stereocenters. The summed E-state index contributed by atoms with van der Waals surface area (Å²) >= 11 is 0. The van der Waals surface area contributed by atoms with Crippen LogP contribution in [0.4, 0.5) is 0 Å². The number of carboxylic acids is 1. The van der Waals surface area contributed by atoms with Gasteiger partial charge in [0.15, 0.2) is 0 Å². The van der Waals surface area contributed by atoms with Crippen LogP contribution in [-0.4, -0.2) is 11.1 Å². The quantitative estimate of drug-likeness (QED) is 0.857. The molecule has 2 rings (SSSR count). The second kappa shape index (κ2) is 7.29. The van der Waals surface area contributed by atoms with Crippen molar-refractivity contribution in [3.63, 3.8) is 0 Å². The number of hydrogen-bond acceptors (Lipinski definition) is 1. The van der Waals surface area contributed by atoms with Gasteiger partial charge >= 0.3 is 5.97 Å².